The van der Waals surface area contributed by atoms with Crippen molar-refractivity contribution in [3.8, 4) is 5.75 Å². The summed E-state index contributed by atoms with van der Waals surface area (Å²) in [6, 6.07) is 7.27. The van der Waals surface area contributed by atoms with Crippen LogP contribution in [0.25, 0.3) is 0 Å². The van der Waals surface area contributed by atoms with Gasteiger partial charge in [0.15, 0.2) is 11.5 Å². The Morgan fingerprint density at radius 1 is 1.41 bits per heavy atom. The lowest BCUT2D eigenvalue weighted by Crippen LogP contribution is -2.47. The van der Waals surface area contributed by atoms with Gasteiger partial charge in [0.2, 0.25) is 0 Å². The maximum absolute atomic E-state index is 13.0. The molecule has 1 unspecified atom stereocenters. The van der Waals surface area contributed by atoms with Crippen molar-refractivity contribution in [1.29, 1.82) is 0 Å². The van der Waals surface area contributed by atoms with Gasteiger partial charge in [-0.2, -0.15) is 0 Å². The molecule has 1 saturated carbocycles. The number of likely N-dealkylation sites (N-methyl/N-ethyl adjacent to an activating group) is 1. The molecule has 1 atom stereocenters. The number of carbonyl (C=O) groups excluding carboxylic acids is 1. The van der Waals surface area contributed by atoms with Gasteiger partial charge in [0.05, 0.1) is 5.71 Å². The molecule has 146 valence electrons. The van der Waals surface area contributed by atoms with Gasteiger partial charge in [-0.1, -0.05) is 49.4 Å². The van der Waals surface area contributed by atoms with E-state index in [2.05, 4.69) is 10.1 Å². The van der Waals surface area contributed by atoms with Gasteiger partial charge in [-0.3, -0.25) is 9.69 Å². The molecule has 1 fully saturated rings. The van der Waals surface area contributed by atoms with Gasteiger partial charge >= 0.3 is 0 Å². The van der Waals surface area contributed by atoms with E-state index >= 15 is 0 Å². The second-order valence-corrected chi connectivity index (χ2v) is 7.58. The number of nitrogens with zero attached hydrogens (tertiary/aromatic N) is 3. The number of guanidine groups is 1. The van der Waals surface area contributed by atoms with Crippen molar-refractivity contribution in [2.75, 3.05) is 13.7 Å². The summed E-state index contributed by atoms with van der Waals surface area (Å²) in [5.74, 6) is 1.21. The number of hydrogen-bond acceptors (Lipinski definition) is 6. The molecule has 0 aromatic heterocycles. The lowest BCUT2D eigenvalue weighted by molar-refractivity contribution is -0.132. The molecule has 2 aliphatic rings. The van der Waals surface area contributed by atoms with Crippen molar-refractivity contribution in [3.05, 3.63) is 29.8 Å². The molecule has 0 saturated heterocycles. The van der Waals surface area contributed by atoms with Crippen molar-refractivity contribution in [1.82, 2.24) is 4.90 Å². The van der Waals surface area contributed by atoms with Crippen molar-refractivity contribution in [2.45, 2.75) is 51.0 Å². The fraction of sp³-hybridized carbons (Fsp3) is 0.550. The predicted molar refractivity (Wildman–Crippen MR) is 104 cm³/mol. The SMILES string of the molecule is C/C(=N/O)c1cccc(OCC2(CC3CCCCC3)N=C(N)N(C)C2=O)c1. The molecule has 0 radical (unpaired) electrons. The molecule has 3 rings (SSSR count). The van der Waals surface area contributed by atoms with Crippen LogP contribution in [0.15, 0.2) is 34.4 Å². The van der Waals surface area contributed by atoms with Crippen LogP contribution in [0.5, 0.6) is 5.75 Å². The largest absolute Gasteiger partial charge is 0.490 e. The van der Waals surface area contributed by atoms with Gasteiger partial charge in [-0.05, 0) is 31.4 Å². The number of hydrogen-bond donors (Lipinski definition) is 2. The van der Waals surface area contributed by atoms with E-state index in [4.69, 9.17) is 15.7 Å². The smallest absolute Gasteiger partial charge is 0.260 e. The first-order valence-electron chi connectivity index (χ1n) is 9.50. The summed E-state index contributed by atoms with van der Waals surface area (Å²) in [6.45, 7) is 1.86. The molecule has 1 amide bonds. The summed E-state index contributed by atoms with van der Waals surface area (Å²) in [6.07, 6.45) is 6.57. The van der Waals surface area contributed by atoms with Gasteiger partial charge in [0, 0.05) is 12.6 Å². The molecule has 0 bridgehead atoms. The minimum absolute atomic E-state index is 0.102. The normalized spacial score (nSPS) is 24.2. The Kier molecular flexibility index (Phi) is 5.68. The second-order valence-electron chi connectivity index (χ2n) is 7.58. The quantitative estimate of drug-likeness (QED) is 0.455. The van der Waals surface area contributed by atoms with Crippen LogP contribution in [0.3, 0.4) is 0 Å². The van der Waals surface area contributed by atoms with E-state index in [-0.39, 0.29) is 18.5 Å². The van der Waals surface area contributed by atoms with E-state index in [1.807, 2.05) is 18.2 Å². The van der Waals surface area contributed by atoms with Crippen LogP contribution in [0, 0.1) is 5.92 Å². The first-order valence-corrected chi connectivity index (χ1v) is 9.50. The predicted octanol–water partition coefficient (Wildman–Crippen LogP) is 2.76. The Morgan fingerprint density at radius 2 is 2.15 bits per heavy atom. The number of rotatable bonds is 6. The lowest BCUT2D eigenvalue weighted by Gasteiger charge is -2.31. The third kappa shape index (κ3) is 4.07. The van der Waals surface area contributed by atoms with Crippen LogP contribution in [0.4, 0.5) is 0 Å². The highest BCUT2D eigenvalue weighted by Gasteiger charge is 2.48. The Balaban J connectivity index is 1.79. The monoisotopic (exact) mass is 372 g/mol. The van der Waals surface area contributed by atoms with E-state index in [1.165, 1.54) is 24.2 Å². The van der Waals surface area contributed by atoms with Crippen LogP contribution in [0.2, 0.25) is 0 Å². The van der Waals surface area contributed by atoms with E-state index in [1.54, 1.807) is 20.0 Å². The topological polar surface area (TPSA) is 101 Å². The molecule has 1 heterocycles. The van der Waals surface area contributed by atoms with Gasteiger partial charge in [-0.25, -0.2) is 4.99 Å². The molecule has 1 aliphatic carbocycles. The highest BCUT2D eigenvalue weighted by molar-refractivity contribution is 6.06. The molecule has 1 aromatic carbocycles. The van der Waals surface area contributed by atoms with Gasteiger partial charge in [0.1, 0.15) is 12.4 Å². The molecular formula is C20H28N4O3. The van der Waals surface area contributed by atoms with Crippen LogP contribution >= 0.6 is 0 Å². The van der Waals surface area contributed by atoms with Crippen LogP contribution in [-0.4, -0.2) is 46.9 Å². The van der Waals surface area contributed by atoms with E-state index in [0.29, 0.717) is 23.8 Å². The summed E-state index contributed by atoms with van der Waals surface area (Å²) in [4.78, 5) is 18.9. The van der Waals surface area contributed by atoms with Crippen molar-refractivity contribution < 1.29 is 14.7 Å². The summed E-state index contributed by atoms with van der Waals surface area (Å²) in [5, 5.41) is 12.2. The Labute approximate surface area is 159 Å². The zero-order valence-corrected chi connectivity index (χ0v) is 16.0. The zero-order chi connectivity index (χ0) is 19.4. The zero-order valence-electron chi connectivity index (χ0n) is 16.0. The van der Waals surface area contributed by atoms with E-state index < -0.39 is 5.54 Å². The number of benzene rings is 1. The number of ether oxygens (including phenoxy) is 1. The second kappa shape index (κ2) is 7.98. The minimum atomic E-state index is -0.961. The number of carbonyl (C=O) groups is 1. The van der Waals surface area contributed by atoms with Crippen LogP contribution in [0.1, 0.15) is 51.0 Å². The van der Waals surface area contributed by atoms with Crippen molar-refractivity contribution in [2.24, 2.45) is 21.8 Å². The highest BCUT2D eigenvalue weighted by atomic mass is 16.5. The molecule has 0 spiro atoms. The Bertz CT molecular complexity index is 755. The van der Waals surface area contributed by atoms with E-state index in [0.717, 1.165) is 18.4 Å². The summed E-state index contributed by atoms with van der Waals surface area (Å²) < 4.78 is 5.99. The lowest BCUT2D eigenvalue weighted by atomic mass is 9.79. The first kappa shape index (κ1) is 19.2. The average Bonchev–Trinajstić information content (AvgIpc) is 2.91. The molecular weight excluding hydrogens is 344 g/mol. The Morgan fingerprint density at radius 3 is 2.78 bits per heavy atom. The molecule has 7 nitrogen and oxygen atoms in total. The number of aliphatic imine (C=N–C) groups is 1. The van der Waals surface area contributed by atoms with Gasteiger partial charge in [-0.15, -0.1) is 0 Å². The molecule has 1 aliphatic heterocycles. The third-order valence-corrected chi connectivity index (χ3v) is 5.61. The molecule has 7 heteroatoms. The summed E-state index contributed by atoms with van der Waals surface area (Å²) in [5.41, 5.74) is 6.25. The molecule has 1 aromatic rings. The fourth-order valence-electron chi connectivity index (χ4n) is 3.98. The van der Waals surface area contributed by atoms with Gasteiger partial charge < -0.3 is 15.7 Å². The standard InChI is InChI=1S/C20H28N4O3/c1-14(23-26)16-9-6-10-17(11-16)27-13-20(12-15-7-4-3-5-8-15)18(25)24(2)19(21)22-20/h6,9-11,15,26H,3-5,7-8,12-13H2,1-2H3,(H2,21,22)/b23-14-. The molecule has 27 heavy (non-hydrogen) atoms. The summed E-state index contributed by atoms with van der Waals surface area (Å²) >= 11 is 0. The van der Waals surface area contributed by atoms with Crippen LogP contribution in [-0.2, 0) is 4.79 Å². The summed E-state index contributed by atoms with van der Waals surface area (Å²) in [7, 11) is 1.66. The van der Waals surface area contributed by atoms with Crippen LogP contribution < -0.4 is 10.5 Å². The number of nitrogens with two attached hydrogens (primary N) is 1. The fourth-order valence-corrected chi connectivity index (χ4v) is 3.98. The average molecular weight is 372 g/mol. The number of amides is 1. The Hall–Kier alpha value is -2.57. The first-order chi connectivity index (χ1) is 12.9. The van der Waals surface area contributed by atoms with Crippen molar-refractivity contribution >= 4 is 17.6 Å². The third-order valence-electron chi connectivity index (χ3n) is 5.61. The van der Waals surface area contributed by atoms with Gasteiger partial charge in [0.25, 0.3) is 5.91 Å². The maximum atomic E-state index is 13.0. The minimum Gasteiger partial charge on any atom is -0.490 e. The number of oxime groups is 1. The molecule has 3 N–H and O–H groups in total. The maximum Gasteiger partial charge on any atom is 0.260 e. The highest BCUT2D eigenvalue weighted by Crippen LogP contribution is 2.36. The van der Waals surface area contributed by atoms with Crippen molar-refractivity contribution in [3.63, 3.8) is 0 Å². The van der Waals surface area contributed by atoms with E-state index in [9.17, 15) is 4.79 Å².